The third-order valence-electron chi connectivity index (χ3n) is 5.95. The highest BCUT2D eigenvalue weighted by atomic mass is 32.2. The van der Waals surface area contributed by atoms with Crippen LogP contribution in [0.15, 0.2) is 18.2 Å². The van der Waals surface area contributed by atoms with Gasteiger partial charge in [0.2, 0.25) is 0 Å². The molecule has 0 spiro atoms. The fourth-order valence-corrected chi connectivity index (χ4v) is 4.29. The van der Waals surface area contributed by atoms with E-state index in [1.165, 1.54) is 14.2 Å². The second-order valence-corrected chi connectivity index (χ2v) is 10.0. The maximum atomic E-state index is 13.1. The lowest BCUT2D eigenvalue weighted by atomic mass is 10.1. The number of aryl methyl sites for hydroxylation is 1. The summed E-state index contributed by atoms with van der Waals surface area (Å²) in [7, 11) is -3.03. The van der Waals surface area contributed by atoms with Crippen LogP contribution in [0, 0.1) is 0 Å². The second kappa shape index (κ2) is 11.6. The molecule has 12 nitrogen and oxygen atoms in total. The van der Waals surface area contributed by atoms with Crippen LogP contribution in [0.3, 0.4) is 0 Å². The van der Waals surface area contributed by atoms with Crippen LogP contribution in [0.4, 0.5) is 24.8 Å². The van der Waals surface area contributed by atoms with Gasteiger partial charge >= 0.3 is 15.6 Å². The van der Waals surface area contributed by atoms with E-state index in [4.69, 9.17) is 14.2 Å². The van der Waals surface area contributed by atoms with Crippen molar-refractivity contribution in [3.63, 3.8) is 0 Å². The van der Waals surface area contributed by atoms with Gasteiger partial charge in [-0.2, -0.15) is 21.6 Å². The zero-order valence-corrected chi connectivity index (χ0v) is 22.1. The first-order chi connectivity index (χ1) is 18.6. The lowest BCUT2D eigenvalue weighted by molar-refractivity contribution is -0.0501. The Morgan fingerprint density at radius 3 is 2.44 bits per heavy atom. The van der Waals surface area contributed by atoms with Crippen LogP contribution in [-0.2, 0) is 27.8 Å². The van der Waals surface area contributed by atoms with Crippen LogP contribution < -0.4 is 24.3 Å². The number of nitrogens with zero attached hydrogens (tertiary/aromatic N) is 4. The molecular formula is C23H27F3N6O6S. The van der Waals surface area contributed by atoms with Crippen LogP contribution in [0.2, 0.25) is 0 Å². The molecule has 0 amide bonds. The van der Waals surface area contributed by atoms with Gasteiger partial charge in [-0.05, 0) is 31.4 Å². The van der Waals surface area contributed by atoms with Crippen molar-refractivity contribution in [2.45, 2.75) is 44.3 Å². The van der Waals surface area contributed by atoms with Crippen molar-refractivity contribution in [3.8, 4) is 17.4 Å². The van der Waals surface area contributed by atoms with E-state index in [1.807, 2.05) is 6.92 Å². The number of nitrogens with one attached hydrogen (secondary N) is 2. The fraction of sp³-hybridized carbons (Fsp3) is 0.478. The Morgan fingerprint density at radius 2 is 1.79 bits per heavy atom. The van der Waals surface area contributed by atoms with E-state index in [0.717, 1.165) is 0 Å². The highest BCUT2D eigenvalue weighted by Gasteiger charge is 2.49. The fourth-order valence-electron chi connectivity index (χ4n) is 3.88. The molecule has 1 fully saturated rings. The summed E-state index contributed by atoms with van der Waals surface area (Å²) in [5.74, 6) is 0.483. The maximum absolute atomic E-state index is 13.1. The van der Waals surface area contributed by atoms with Gasteiger partial charge in [0, 0.05) is 37.4 Å². The van der Waals surface area contributed by atoms with Crippen LogP contribution in [0.5, 0.6) is 17.4 Å². The first-order valence-electron chi connectivity index (χ1n) is 11.9. The molecule has 0 radical (unpaired) electrons. The number of anilines is 2. The molecular weight excluding hydrogens is 545 g/mol. The highest BCUT2D eigenvalue weighted by molar-refractivity contribution is 7.88. The molecule has 1 aliphatic rings. The van der Waals surface area contributed by atoms with Crippen LogP contribution in [-0.4, -0.2) is 67.6 Å². The Labute approximate surface area is 222 Å². The molecule has 1 aromatic carbocycles. The second-order valence-electron chi connectivity index (χ2n) is 8.47. The molecule has 0 saturated carbocycles. The number of alkyl halides is 3. The monoisotopic (exact) mass is 572 g/mol. The maximum Gasteiger partial charge on any atom is 0.534 e. The summed E-state index contributed by atoms with van der Waals surface area (Å²) >= 11 is 0. The minimum absolute atomic E-state index is 0.0146. The van der Waals surface area contributed by atoms with Crippen molar-refractivity contribution in [3.05, 3.63) is 29.5 Å². The molecule has 16 heteroatoms. The van der Waals surface area contributed by atoms with Gasteiger partial charge in [0.05, 0.1) is 19.9 Å². The zero-order valence-electron chi connectivity index (χ0n) is 21.3. The van der Waals surface area contributed by atoms with Crippen molar-refractivity contribution in [1.29, 1.82) is 0 Å². The van der Waals surface area contributed by atoms with Crippen molar-refractivity contribution >= 4 is 32.8 Å². The predicted molar refractivity (Wildman–Crippen MR) is 134 cm³/mol. The average Bonchev–Trinajstić information content (AvgIpc) is 2.92. The number of aromatic nitrogens is 4. The summed E-state index contributed by atoms with van der Waals surface area (Å²) in [4.78, 5) is 8.99. The largest absolute Gasteiger partial charge is 0.534 e. The molecule has 2 aromatic heterocycles. The standard InChI is InChI=1S/C23H27F3N6O6S/c1-4-16-20(28-14-7-9-37-10-8-14)30-19-18(29-16)21(31-32-22(19)38-39(33,34)23(24,25)26)27-12-13-5-6-15(35-2)11-17(13)36-3/h5-6,11,14H,4,7-10,12H2,1-3H3,(H,27,31)(H,28,30). The molecule has 39 heavy (non-hydrogen) atoms. The number of fused-ring (bicyclic) bond motifs is 1. The van der Waals surface area contributed by atoms with Gasteiger partial charge in [0.25, 0.3) is 5.88 Å². The molecule has 2 N–H and O–H groups in total. The highest BCUT2D eigenvalue weighted by Crippen LogP contribution is 2.33. The van der Waals surface area contributed by atoms with Crippen molar-refractivity contribution in [2.75, 3.05) is 38.1 Å². The first kappa shape index (κ1) is 28.4. The van der Waals surface area contributed by atoms with E-state index in [0.29, 0.717) is 55.2 Å². The van der Waals surface area contributed by atoms with Gasteiger partial charge in [-0.15, -0.1) is 10.2 Å². The molecule has 3 aromatic rings. The van der Waals surface area contributed by atoms with Crippen LogP contribution >= 0.6 is 0 Å². The minimum Gasteiger partial charge on any atom is -0.497 e. The van der Waals surface area contributed by atoms with E-state index in [-0.39, 0.29) is 35.3 Å². The number of hydrogen-bond donors (Lipinski definition) is 2. The normalized spacial score (nSPS) is 14.7. The summed E-state index contributed by atoms with van der Waals surface area (Å²) < 4.78 is 83.1. The SMILES string of the molecule is CCc1nc2c(NCc3ccc(OC)cc3OC)nnc(OS(=O)(=O)C(F)(F)F)c2nc1NC1CCOCC1. The van der Waals surface area contributed by atoms with E-state index >= 15 is 0 Å². The molecule has 0 aliphatic carbocycles. The van der Waals surface area contributed by atoms with Gasteiger partial charge in [-0.1, -0.05) is 6.92 Å². The number of halogens is 3. The molecule has 1 saturated heterocycles. The Balaban J connectivity index is 1.77. The lowest BCUT2D eigenvalue weighted by Crippen LogP contribution is -2.29. The molecule has 1 aliphatic heterocycles. The molecule has 0 atom stereocenters. The summed E-state index contributed by atoms with van der Waals surface area (Å²) in [6.45, 7) is 3.06. The Bertz CT molecular complexity index is 1430. The summed E-state index contributed by atoms with van der Waals surface area (Å²) in [6.07, 6.45) is 1.78. The third kappa shape index (κ3) is 6.33. The zero-order chi connectivity index (χ0) is 28.2. The quantitative estimate of drug-likeness (QED) is 0.271. The van der Waals surface area contributed by atoms with Gasteiger partial charge < -0.3 is 29.0 Å². The van der Waals surface area contributed by atoms with Crippen molar-refractivity contribution < 1.29 is 40.0 Å². The van der Waals surface area contributed by atoms with Crippen molar-refractivity contribution in [2.24, 2.45) is 0 Å². The van der Waals surface area contributed by atoms with E-state index < -0.39 is 21.5 Å². The predicted octanol–water partition coefficient (Wildman–Crippen LogP) is 3.43. The van der Waals surface area contributed by atoms with Gasteiger partial charge in [-0.25, -0.2) is 9.97 Å². The topological polar surface area (TPSA) is 147 Å². The smallest absolute Gasteiger partial charge is 0.497 e. The average molecular weight is 573 g/mol. The van der Waals surface area contributed by atoms with Crippen molar-refractivity contribution in [1.82, 2.24) is 20.2 Å². The molecule has 212 valence electrons. The molecule has 0 bridgehead atoms. The van der Waals surface area contributed by atoms with E-state index in [1.54, 1.807) is 18.2 Å². The Morgan fingerprint density at radius 1 is 1.05 bits per heavy atom. The van der Waals surface area contributed by atoms with E-state index in [9.17, 15) is 21.6 Å². The number of hydrogen-bond acceptors (Lipinski definition) is 12. The first-order valence-corrected chi connectivity index (χ1v) is 13.3. The number of methoxy groups -OCH3 is 2. The minimum atomic E-state index is -6.04. The Hall–Kier alpha value is -3.66. The van der Waals surface area contributed by atoms with Gasteiger partial charge in [-0.3, -0.25) is 0 Å². The summed E-state index contributed by atoms with van der Waals surface area (Å²) in [5.41, 5.74) is -4.80. The number of rotatable bonds is 10. The molecule has 0 unspecified atom stereocenters. The molecule has 4 rings (SSSR count). The summed E-state index contributed by atoms with van der Waals surface area (Å²) in [5, 5.41) is 13.8. The number of benzene rings is 1. The third-order valence-corrected chi connectivity index (χ3v) is 6.89. The Kier molecular flexibility index (Phi) is 8.44. The van der Waals surface area contributed by atoms with Crippen LogP contribution in [0.1, 0.15) is 31.0 Å². The lowest BCUT2D eigenvalue weighted by Gasteiger charge is -2.24. The van der Waals surface area contributed by atoms with Crippen LogP contribution in [0.25, 0.3) is 11.0 Å². The summed E-state index contributed by atoms with van der Waals surface area (Å²) in [6, 6.07) is 5.15. The van der Waals surface area contributed by atoms with Gasteiger partial charge in [0.1, 0.15) is 22.8 Å². The number of ether oxygens (including phenoxy) is 3. The van der Waals surface area contributed by atoms with E-state index in [2.05, 4.69) is 35.0 Å². The van der Waals surface area contributed by atoms with Gasteiger partial charge in [0.15, 0.2) is 11.3 Å². The molecule has 3 heterocycles.